The summed E-state index contributed by atoms with van der Waals surface area (Å²) in [5.74, 6) is -1.81. The number of hydrogen-bond acceptors (Lipinski definition) is 10. The molecule has 180 valence electrons. The number of allylic oxidation sites excluding steroid dienone is 2. The third-order valence-electron chi connectivity index (χ3n) is 6.78. The van der Waals surface area contributed by atoms with Gasteiger partial charge in [0.1, 0.15) is 41.0 Å². The summed E-state index contributed by atoms with van der Waals surface area (Å²) in [5, 5.41) is 59.9. The molecule has 0 radical (unpaired) electrons. The van der Waals surface area contributed by atoms with E-state index in [4.69, 9.17) is 19.3 Å². The van der Waals surface area contributed by atoms with Gasteiger partial charge in [-0.1, -0.05) is 6.08 Å². The lowest BCUT2D eigenvalue weighted by Gasteiger charge is -2.49. The van der Waals surface area contributed by atoms with E-state index in [1.807, 2.05) is 0 Å². The van der Waals surface area contributed by atoms with Gasteiger partial charge in [0, 0.05) is 12.5 Å². The van der Waals surface area contributed by atoms with Crippen LogP contribution < -0.4 is 0 Å². The molecular formula is C21H30O11. The van der Waals surface area contributed by atoms with Gasteiger partial charge >= 0.3 is 11.9 Å². The second kappa shape index (κ2) is 8.49. The average Bonchev–Trinajstić information content (AvgIpc) is 2.77. The Bertz CT molecular complexity index is 823. The van der Waals surface area contributed by atoms with Crippen LogP contribution >= 0.6 is 0 Å². The molecule has 9 atom stereocenters. The van der Waals surface area contributed by atoms with Crippen molar-refractivity contribution in [1.29, 1.82) is 0 Å². The molecule has 9 unspecified atom stereocenters. The maximum Gasteiger partial charge on any atom is 0.328 e. The van der Waals surface area contributed by atoms with Crippen LogP contribution in [-0.2, 0) is 23.8 Å². The molecule has 3 aliphatic rings. The zero-order valence-electron chi connectivity index (χ0n) is 18.0. The van der Waals surface area contributed by atoms with Crippen molar-refractivity contribution in [2.45, 2.75) is 81.6 Å². The number of hydrogen-bond donors (Lipinski definition) is 6. The van der Waals surface area contributed by atoms with Crippen LogP contribution in [0.4, 0.5) is 0 Å². The molecule has 2 bridgehead atoms. The van der Waals surface area contributed by atoms with Gasteiger partial charge in [0.2, 0.25) is 0 Å². The monoisotopic (exact) mass is 458 g/mol. The molecule has 1 aliphatic carbocycles. The summed E-state index contributed by atoms with van der Waals surface area (Å²) in [4.78, 5) is 23.6. The van der Waals surface area contributed by atoms with Gasteiger partial charge in [-0.25, -0.2) is 4.79 Å². The Hall–Kier alpha value is -1.86. The fourth-order valence-corrected chi connectivity index (χ4v) is 4.85. The first kappa shape index (κ1) is 24.8. The molecule has 3 rings (SSSR count). The molecule has 11 nitrogen and oxygen atoms in total. The number of carbonyl (C=O) groups excluding carboxylic acids is 1. The van der Waals surface area contributed by atoms with E-state index in [9.17, 15) is 35.1 Å². The van der Waals surface area contributed by atoms with Crippen LogP contribution in [0.3, 0.4) is 0 Å². The minimum Gasteiger partial charge on any atom is -0.478 e. The SMILES string of the molecule is CC(C=CC1(O)C2(C)CC(OC3OC(CO)C(O)C(O)C3O)CC1(C)C(=O)O2)=CC(=O)O. The summed E-state index contributed by atoms with van der Waals surface area (Å²) >= 11 is 0. The van der Waals surface area contributed by atoms with E-state index in [-0.39, 0.29) is 12.8 Å². The number of carboxylic acids is 1. The largest absolute Gasteiger partial charge is 0.478 e. The fraction of sp³-hybridized carbons (Fsp3) is 0.714. The second-order valence-corrected chi connectivity index (χ2v) is 9.14. The minimum atomic E-state index is -1.78. The van der Waals surface area contributed by atoms with Gasteiger partial charge < -0.3 is 44.8 Å². The van der Waals surface area contributed by atoms with Gasteiger partial charge in [-0.05, 0) is 38.8 Å². The van der Waals surface area contributed by atoms with Crippen LogP contribution in [0.25, 0.3) is 0 Å². The topological polar surface area (TPSA) is 183 Å². The van der Waals surface area contributed by atoms with Crippen molar-refractivity contribution in [3.63, 3.8) is 0 Å². The molecule has 32 heavy (non-hydrogen) atoms. The quantitative estimate of drug-likeness (QED) is 0.156. The van der Waals surface area contributed by atoms with Gasteiger partial charge in [0.15, 0.2) is 6.29 Å². The van der Waals surface area contributed by atoms with Gasteiger partial charge in [-0.15, -0.1) is 0 Å². The molecule has 0 spiro atoms. The highest BCUT2D eigenvalue weighted by Gasteiger charge is 2.73. The number of fused-ring (bicyclic) bond motifs is 2. The molecule has 0 aromatic carbocycles. The third kappa shape index (κ3) is 3.87. The maximum atomic E-state index is 12.7. The van der Waals surface area contributed by atoms with E-state index in [0.29, 0.717) is 5.57 Å². The van der Waals surface area contributed by atoms with Gasteiger partial charge in [0.25, 0.3) is 0 Å². The normalized spacial score (nSPS) is 47.0. The second-order valence-electron chi connectivity index (χ2n) is 9.14. The van der Waals surface area contributed by atoms with Crippen molar-refractivity contribution in [3.8, 4) is 0 Å². The number of aliphatic carboxylic acids is 1. The Labute approximate surface area is 184 Å². The third-order valence-corrected chi connectivity index (χ3v) is 6.78. The van der Waals surface area contributed by atoms with Crippen molar-refractivity contribution < 1.29 is 54.4 Å². The first-order valence-electron chi connectivity index (χ1n) is 10.3. The Morgan fingerprint density at radius 2 is 1.84 bits per heavy atom. The molecule has 0 aromatic heterocycles. The lowest BCUT2D eigenvalue weighted by molar-refractivity contribution is -0.319. The van der Waals surface area contributed by atoms with Gasteiger partial charge in [0.05, 0.1) is 12.7 Å². The van der Waals surface area contributed by atoms with E-state index >= 15 is 0 Å². The predicted octanol–water partition coefficient (Wildman–Crippen LogP) is -1.39. The Morgan fingerprint density at radius 3 is 2.41 bits per heavy atom. The number of aliphatic hydroxyl groups is 5. The first-order valence-corrected chi connectivity index (χ1v) is 10.3. The molecule has 6 N–H and O–H groups in total. The molecule has 0 aromatic rings. The van der Waals surface area contributed by atoms with Crippen molar-refractivity contribution in [2.75, 3.05) is 6.61 Å². The van der Waals surface area contributed by atoms with Crippen LogP contribution in [0.15, 0.2) is 23.8 Å². The molecular weight excluding hydrogens is 428 g/mol. The predicted molar refractivity (Wildman–Crippen MR) is 106 cm³/mol. The van der Waals surface area contributed by atoms with Gasteiger partial charge in [-0.3, -0.25) is 4.79 Å². The molecule has 0 amide bonds. The number of carbonyl (C=O) groups is 2. The molecule has 2 saturated heterocycles. The summed E-state index contributed by atoms with van der Waals surface area (Å²) in [6.45, 7) is 3.96. The Morgan fingerprint density at radius 1 is 1.19 bits per heavy atom. The van der Waals surface area contributed by atoms with Crippen LogP contribution in [0.1, 0.15) is 33.6 Å². The minimum absolute atomic E-state index is 0.00584. The highest BCUT2D eigenvalue weighted by molar-refractivity contribution is 5.84. The fourth-order valence-electron chi connectivity index (χ4n) is 4.85. The van der Waals surface area contributed by atoms with E-state index < -0.39 is 72.0 Å². The van der Waals surface area contributed by atoms with E-state index in [2.05, 4.69) is 0 Å². The summed E-state index contributed by atoms with van der Waals surface area (Å²) in [6, 6.07) is 0. The van der Waals surface area contributed by atoms with Crippen LogP contribution in [0, 0.1) is 5.41 Å². The van der Waals surface area contributed by atoms with E-state index in [1.54, 1.807) is 0 Å². The number of ether oxygens (including phenoxy) is 3. The number of aliphatic hydroxyl groups excluding tert-OH is 4. The highest BCUT2D eigenvalue weighted by atomic mass is 16.7. The highest BCUT2D eigenvalue weighted by Crippen LogP contribution is 2.59. The van der Waals surface area contributed by atoms with Crippen molar-refractivity contribution in [2.24, 2.45) is 5.41 Å². The van der Waals surface area contributed by atoms with Crippen molar-refractivity contribution >= 4 is 11.9 Å². The zero-order chi connectivity index (χ0) is 24.1. The number of carboxylic acid groups (broad SMARTS) is 1. The molecule has 3 fully saturated rings. The van der Waals surface area contributed by atoms with Crippen LogP contribution in [-0.4, -0.2) is 97.2 Å². The summed E-state index contributed by atoms with van der Waals surface area (Å²) in [5.41, 5.74) is -4.32. The molecule has 2 aliphatic heterocycles. The molecule has 11 heteroatoms. The Kier molecular flexibility index (Phi) is 6.57. The van der Waals surface area contributed by atoms with Crippen molar-refractivity contribution in [3.05, 3.63) is 23.8 Å². The van der Waals surface area contributed by atoms with E-state index in [0.717, 1.165) is 6.08 Å². The summed E-state index contributed by atoms with van der Waals surface area (Å²) in [6.07, 6.45) is -4.33. The van der Waals surface area contributed by atoms with E-state index in [1.165, 1.54) is 32.9 Å². The lowest BCUT2D eigenvalue weighted by Crippen LogP contribution is -2.63. The standard InChI is InChI=1S/C21H30O11/c1-10(6-13(23)24)4-5-21(29)19(2)7-11(8-20(21,3)32-18(19)28)30-17-16(27)15(26)14(25)12(9-22)31-17/h4-6,11-12,14-17,22,25-27,29H,7-9H2,1-3H3,(H,23,24). The first-order chi connectivity index (χ1) is 14.8. The van der Waals surface area contributed by atoms with Crippen LogP contribution in [0.5, 0.6) is 0 Å². The summed E-state index contributed by atoms with van der Waals surface area (Å²) < 4.78 is 16.7. The summed E-state index contributed by atoms with van der Waals surface area (Å²) in [7, 11) is 0. The number of esters is 1. The Balaban J connectivity index is 1.84. The molecule has 1 saturated carbocycles. The maximum absolute atomic E-state index is 12.7. The zero-order valence-corrected chi connectivity index (χ0v) is 18.0. The number of rotatable bonds is 6. The smallest absolute Gasteiger partial charge is 0.328 e. The lowest BCUT2D eigenvalue weighted by atomic mass is 9.59. The molecule has 2 heterocycles. The van der Waals surface area contributed by atoms with Gasteiger partial charge in [-0.2, -0.15) is 0 Å². The van der Waals surface area contributed by atoms with Crippen molar-refractivity contribution in [1.82, 2.24) is 0 Å². The van der Waals surface area contributed by atoms with Crippen LogP contribution in [0.2, 0.25) is 0 Å². The average molecular weight is 458 g/mol.